The first-order valence-corrected chi connectivity index (χ1v) is 10.9. The third kappa shape index (κ3) is 4.86. The van der Waals surface area contributed by atoms with Gasteiger partial charge in [-0.25, -0.2) is 9.97 Å². The molecule has 4 rings (SSSR count). The van der Waals surface area contributed by atoms with Gasteiger partial charge in [0, 0.05) is 38.9 Å². The zero-order valence-electron chi connectivity index (χ0n) is 16.6. The number of unbranched alkanes of at least 4 members (excludes halogenated alkanes) is 1. The summed E-state index contributed by atoms with van der Waals surface area (Å²) >= 11 is 12.5. The van der Waals surface area contributed by atoms with Crippen molar-refractivity contribution in [1.29, 1.82) is 0 Å². The van der Waals surface area contributed by atoms with Crippen LogP contribution in [-0.2, 0) is 0 Å². The maximum Gasteiger partial charge on any atom is 0.287 e. The van der Waals surface area contributed by atoms with Gasteiger partial charge in [-0.2, -0.15) is 0 Å². The van der Waals surface area contributed by atoms with Crippen LogP contribution in [0, 0.1) is 0 Å². The van der Waals surface area contributed by atoms with Crippen molar-refractivity contribution in [2.24, 2.45) is 0 Å². The molecule has 0 atom stereocenters. The van der Waals surface area contributed by atoms with E-state index in [0.717, 1.165) is 56.8 Å². The van der Waals surface area contributed by atoms with Crippen LogP contribution in [0.4, 0.5) is 5.69 Å². The van der Waals surface area contributed by atoms with E-state index >= 15 is 0 Å². The number of nitrogens with one attached hydrogen (secondary N) is 2. The van der Waals surface area contributed by atoms with Crippen molar-refractivity contribution in [3.8, 4) is 0 Å². The average Bonchev–Trinajstić information content (AvgIpc) is 3.20. The molecule has 2 N–H and O–H groups in total. The minimum atomic E-state index is -0.194. The summed E-state index contributed by atoms with van der Waals surface area (Å²) in [5.74, 6) is 0.111. The van der Waals surface area contributed by atoms with Gasteiger partial charge in [-0.15, -0.1) is 0 Å². The maximum atomic E-state index is 12.2. The summed E-state index contributed by atoms with van der Waals surface area (Å²) in [5.41, 5.74) is 2.33. The molecule has 0 saturated carbocycles. The number of anilines is 1. The number of aromatic amines is 1. The highest BCUT2D eigenvalue weighted by atomic mass is 35.5. The number of hydrogen-bond donors (Lipinski definition) is 2. The second-order valence-corrected chi connectivity index (χ2v) is 8.11. The van der Waals surface area contributed by atoms with Gasteiger partial charge in [0.1, 0.15) is 0 Å². The van der Waals surface area contributed by atoms with Crippen molar-refractivity contribution in [2.45, 2.75) is 12.8 Å². The van der Waals surface area contributed by atoms with Crippen LogP contribution in [0.3, 0.4) is 0 Å². The number of benzene rings is 1. The number of rotatable bonds is 7. The Morgan fingerprint density at radius 2 is 1.93 bits per heavy atom. The monoisotopic (exact) mass is 446 g/mol. The number of pyridine rings is 1. The van der Waals surface area contributed by atoms with Gasteiger partial charge in [-0.1, -0.05) is 29.3 Å². The van der Waals surface area contributed by atoms with Crippen molar-refractivity contribution in [3.05, 3.63) is 52.4 Å². The molecule has 1 fully saturated rings. The van der Waals surface area contributed by atoms with Crippen LogP contribution in [0.25, 0.3) is 11.2 Å². The third-order valence-corrected chi connectivity index (χ3v) is 6.11. The van der Waals surface area contributed by atoms with Crippen molar-refractivity contribution >= 4 is 46.0 Å². The van der Waals surface area contributed by atoms with Gasteiger partial charge in [0.2, 0.25) is 0 Å². The molecular formula is C21H24Cl2N6O. The Bertz CT molecular complexity index is 983. The fraction of sp³-hybridized carbons (Fsp3) is 0.381. The van der Waals surface area contributed by atoms with Crippen molar-refractivity contribution < 1.29 is 4.79 Å². The molecule has 3 heterocycles. The molecule has 9 heteroatoms. The first-order valence-electron chi connectivity index (χ1n) is 10.1. The Hall–Kier alpha value is -2.35. The number of hydrogen-bond acceptors (Lipinski definition) is 5. The van der Waals surface area contributed by atoms with Crippen LogP contribution in [-0.4, -0.2) is 65.0 Å². The summed E-state index contributed by atoms with van der Waals surface area (Å²) in [6, 6.07) is 9.43. The number of imidazole rings is 1. The number of nitrogens with zero attached hydrogens (tertiary/aromatic N) is 4. The molecule has 0 radical (unpaired) electrons. The number of amides is 1. The molecule has 2 aromatic heterocycles. The largest absolute Gasteiger partial charge is 0.368 e. The lowest BCUT2D eigenvalue weighted by Crippen LogP contribution is -2.46. The lowest BCUT2D eigenvalue weighted by Gasteiger charge is -2.36. The van der Waals surface area contributed by atoms with Gasteiger partial charge in [0.25, 0.3) is 5.91 Å². The molecule has 3 aromatic rings. The Kier molecular flexibility index (Phi) is 6.72. The van der Waals surface area contributed by atoms with Gasteiger partial charge in [-0.05, 0) is 43.7 Å². The molecule has 0 aliphatic carbocycles. The quantitative estimate of drug-likeness (QED) is 0.542. The highest BCUT2D eigenvalue weighted by molar-refractivity contribution is 6.43. The molecule has 1 aliphatic heterocycles. The van der Waals surface area contributed by atoms with Gasteiger partial charge < -0.3 is 15.2 Å². The van der Waals surface area contributed by atoms with E-state index in [1.165, 1.54) is 0 Å². The van der Waals surface area contributed by atoms with E-state index in [9.17, 15) is 4.79 Å². The SMILES string of the molecule is O=C(NCCCCN1CCN(c2cccc(Cl)c2Cl)CC1)c1nc2ncccc2[nH]1. The van der Waals surface area contributed by atoms with E-state index in [4.69, 9.17) is 23.2 Å². The van der Waals surface area contributed by atoms with Gasteiger partial charge in [0.05, 0.1) is 21.2 Å². The van der Waals surface area contributed by atoms with E-state index in [1.54, 1.807) is 6.20 Å². The number of halogens is 2. The summed E-state index contributed by atoms with van der Waals surface area (Å²) in [5, 5.41) is 4.15. The zero-order valence-corrected chi connectivity index (χ0v) is 18.1. The van der Waals surface area contributed by atoms with Crippen molar-refractivity contribution in [2.75, 3.05) is 44.2 Å². The van der Waals surface area contributed by atoms with E-state index < -0.39 is 0 Å². The second-order valence-electron chi connectivity index (χ2n) is 7.32. The number of carbonyl (C=O) groups excluding carboxylic acids is 1. The summed E-state index contributed by atoms with van der Waals surface area (Å²) in [4.78, 5) is 28.3. The predicted molar refractivity (Wildman–Crippen MR) is 121 cm³/mol. The topological polar surface area (TPSA) is 77.2 Å². The number of piperazine rings is 1. The van der Waals surface area contributed by atoms with Crippen LogP contribution < -0.4 is 10.2 Å². The second kappa shape index (κ2) is 9.64. The number of fused-ring (bicyclic) bond motifs is 1. The van der Waals surface area contributed by atoms with E-state index in [-0.39, 0.29) is 5.91 Å². The molecule has 1 aliphatic rings. The fourth-order valence-electron chi connectivity index (χ4n) is 3.65. The number of aromatic nitrogens is 3. The lowest BCUT2D eigenvalue weighted by atomic mass is 10.2. The zero-order chi connectivity index (χ0) is 20.9. The summed E-state index contributed by atoms with van der Waals surface area (Å²) in [6.07, 6.45) is 3.61. The molecule has 0 bridgehead atoms. The van der Waals surface area contributed by atoms with Gasteiger partial charge >= 0.3 is 0 Å². The summed E-state index contributed by atoms with van der Waals surface area (Å²) < 4.78 is 0. The molecule has 1 amide bonds. The minimum absolute atomic E-state index is 0.194. The average molecular weight is 447 g/mol. The summed E-state index contributed by atoms with van der Waals surface area (Å²) in [6.45, 7) is 5.47. The molecule has 30 heavy (non-hydrogen) atoms. The van der Waals surface area contributed by atoms with Crippen LogP contribution in [0.15, 0.2) is 36.5 Å². The van der Waals surface area contributed by atoms with Gasteiger partial charge in [0.15, 0.2) is 11.5 Å². The number of carbonyl (C=O) groups is 1. The first-order chi connectivity index (χ1) is 14.6. The Balaban J connectivity index is 1.15. The van der Waals surface area contributed by atoms with Crippen molar-refractivity contribution in [1.82, 2.24) is 25.2 Å². The maximum absolute atomic E-state index is 12.2. The lowest BCUT2D eigenvalue weighted by molar-refractivity contribution is 0.0943. The third-order valence-electron chi connectivity index (χ3n) is 5.30. The fourth-order valence-corrected chi connectivity index (χ4v) is 4.06. The van der Waals surface area contributed by atoms with Crippen molar-refractivity contribution in [3.63, 3.8) is 0 Å². The molecule has 0 spiro atoms. The molecule has 1 aromatic carbocycles. The highest BCUT2D eigenvalue weighted by Crippen LogP contribution is 2.32. The van der Waals surface area contributed by atoms with Crippen LogP contribution >= 0.6 is 23.2 Å². The Morgan fingerprint density at radius 1 is 1.10 bits per heavy atom. The van der Waals surface area contributed by atoms with E-state index in [2.05, 4.69) is 30.1 Å². The molecule has 7 nitrogen and oxygen atoms in total. The van der Waals surface area contributed by atoms with Crippen LogP contribution in [0.2, 0.25) is 10.0 Å². The Labute approximate surface area is 185 Å². The van der Waals surface area contributed by atoms with Gasteiger partial charge in [-0.3, -0.25) is 9.69 Å². The first kappa shape index (κ1) is 20.9. The van der Waals surface area contributed by atoms with E-state index in [1.807, 2.05) is 30.3 Å². The summed E-state index contributed by atoms with van der Waals surface area (Å²) in [7, 11) is 0. The molecule has 0 unspecified atom stereocenters. The predicted octanol–water partition coefficient (Wildman–Crippen LogP) is 3.60. The van der Waals surface area contributed by atoms with Crippen LogP contribution in [0.1, 0.15) is 23.5 Å². The number of H-pyrrole nitrogens is 1. The highest BCUT2D eigenvalue weighted by Gasteiger charge is 2.19. The molecular weight excluding hydrogens is 423 g/mol. The van der Waals surface area contributed by atoms with Crippen LogP contribution in [0.5, 0.6) is 0 Å². The standard InChI is InChI=1S/C21H24Cl2N6O/c22-15-5-3-7-17(18(15)23)29-13-11-28(12-14-29)10-2-1-8-25-21(30)20-26-16-6-4-9-24-19(16)27-20/h3-7,9H,1-2,8,10-14H2,(H,25,30)(H,24,26,27). The Morgan fingerprint density at radius 3 is 2.73 bits per heavy atom. The molecule has 1 saturated heterocycles. The smallest absolute Gasteiger partial charge is 0.287 e. The molecule has 158 valence electrons. The normalized spacial score (nSPS) is 14.9. The minimum Gasteiger partial charge on any atom is -0.368 e. The van der Waals surface area contributed by atoms with E-state index in [0.29, 0.717) is 28.1 Å².